The van der Waals surface area contributed by atoms with Gasteiger partial charge < -0.3 is 5.32 Å². The Labute approximate surface area is 124 Å². The summed E-state index contributed by atoms with van der Waals surface area (Å²) in [6, 6.07) is 0. The summed E-state index contributed by atoms with van der Waals surface area (Å²) in [5.74, 6) is 1.92. The monoisotopic (exact) mass is 290 g/mol. The second-order valence-electron chi connectivity index (χ2n) is 5.54. The van der Waals surface area contributed by atoms with Crippen LogP contribution in [0.4, 0.5) is 5.82 Å². The number of fused-ring (bicyclic) bond motifs is 1. The number of aromatic nitrogens is 2. The van der Waals surface area contributed by atoms with Gasteiger partial charge in [-0.05, 0) is 45.3 Å². The Morgan fingerprint density at radius 3 is 2.60 bits per heavy atom. The van der Waals surface area contributed by atoms with E-state index in [-0.39, 0.29) is 0 Å². The normalized spacial score (nSPS) is 16.8. The molecule has 0 spiro atoms. The van der Waals surface area contributed by atoms with Crippen LogP contribution in [0, 0.1) is 13.8 Å². The van der Waals surface area contributed by atoms with Crippen molar-refractivity contribution in [2.24, 2.45) is 0 Å². The van der Waals surface area contributed by atoms with Gasteiger partial charge in [-0.1, -0.05) is 6.42 Å². The lowest BCUT2D eigenvalue weighted by molar-refractivity contribution is 0.216. The van der Waals surface area contributed by atoms with Crippen molar-refractivity contribution < 1.29 is 0 Å². The summed E-state index contributed by atoms with van der Waals surface area (Å²) in [7, 11) is 1.94. The summed E-state index contributed by atoms with van der Waals surface area (Å²) in [6.07, 6.45) is 3.97. The highest BCUT2D eigenvalue weighted by Crippen LogP contribution is 2.33. The first kappa shape index (κ1) is 13.8. The third-order valence-corrected chi connectivity index (χ3v) is 5.23. The Bertz CT molecular complexity index is 614. The van der Waals surface area contributed by atoms with Crippen LogP contribution in [0.1, 0.15) is 35.5 Å². The maximum Gasteiger partial charge on any atom is 0.146 e. The number of nitrogens with zero attached hydrogens (tertiary/aromatic N) is 3. The molecule has 0 saturated carbocycles. The first-order valence-corrected chi connectivity index (χ1v) is 8.17. The molecule has 0 atom stereocenters. The van der Waals surface area contributed by atoms with Crippen LogP contribution in [0.3, 0.4) is 0 Å². The Hall–Kier alpha value is -1.20. The van der Waals surface area contributed by atoms with Gasteiger partial charge in [-0.15, -0.1) is 11.3 Å². The van der Waals surface area contributed by atoms with E-state index in [0.29, 0.717) is 0 Å². The zero-order valence-electron chi connectivity index (χ0n) is 12.5. The molecule has 3 heterocycles. The lowest BCUT2D eigenvalue weighted by Crippen LogP contribution is -2.29. The fourth-order valence-electron chi connectivity index (χ4n) is 2.86. The molecule has 2 aromatic rings. The summed E-state index contributed by atoms with van der Waals surface area (Å²) in [6.45, 7) is 7.55. The molecule has 1 aliphatic heterocycles. The molecule has 5 heteroatoms. The summed E-state index contributed by atoms with van der Waals surface area (Å²) in [5.41, 5.74) is 1.30. The summed E-state index contributed by atoms with van der Waals surface area (Å²) < 4.78 is 0. The van der Waals surface area contributed by atoms with Gasteiger partial charge in [0, 0.05) is 11.9 Å². The molecule has 3 rings (SSSR count). The minimum Gasteiger partial charge on any atom is -0.372 e. The minimum absolute atomic E-state index is 0.876. The van der Waals surface area contributed by atoms with Crippen molar-refractivity contribution in [3.05, 3.63) is 16.3 Å². The van der Waals surface area contributed by atoms with Crippen LogP contribution < -0.4 is 5.32 Å². The number of aryl methyl sites for hydroxylation is 2. The number of rotatable bonds is 3. The van der Waals surface area contributed by atoms with Crippen molar-refractivity contribution in [2.75, 3.05) is 25.5 Å². The number of hydrogen-bond donors (Lipinski definition) is 1. The van der Waals surface area contributed by atoms with E-state index in [1.165, 1.54) is 48.2 Å². The number of nitrogens with one attached hydrogen (secondary N) is 1. The van der Waals surface area contributed by atoms with Crippen molar-refractivity contribution in [1.82, 2.24) is 14.9 Å². The predicted octanol–water partition coefficient (Wildman–Crippen LogP) is 3.34. The first-order chi connectivity index (χ1) is 9.69. The van der Waals surface area contributed by atoms with Gasteiger partial charge in [-0.3, -0.25) is 4.90 Å². The molecule has 0 radical (unpaired) electrons. The molecular weight excluding hydrogens is 268 g/mol. The van der Waals surface area contributed by atoms with Crippen molar-refractivity contribution in [3.63, 3.8) is 0 Å². The highest BCUT2D eigenvalue weighted by atomic mass is 32.1. The summed E-state index contributed by atoms with van der Waals surface area (Å²) in [5, 5.41) is 4.43. The SMILES string of the molecule is CNc1nc(CN2CCCCC2)nc2sc(C)c(C)c12. The smallest absolute Gasteiger partial charge is 0.146 e. The van der Waals surface area contributed by atoms with Crippen LogP contribution in [-0.4, -0.2) is 35.0 Å². The number of likely N-dealkylation sites (tertiary alicyclic amines) is 1. The van der Waals surface area contributed by atoms with Gasteiger partial charge >= 0.3 is 0 Å². The number of thiophene rings is 1. The lowest BCUT2D eigenvalue weighted by atomic mass is 10.1. The van der Waals surface area contributed by atoms with E-state index in [9.17, 15) is 0 Å². The predicted molar refractivity (Wildman–Crippen MR) is 85.6 cm³/mol. The lowest BCUT2D eigenvalue weighted by Gasteiger charge is -2.25. The van der Waals surface area contributed by atoms with E-state index in [2.05, 4.69) is 24.1 Å². The van der Waals surface area contributed by atoms with Gasteiger partial charge in [0.05, 0.1) is 11.9 Å². The molecule has 0 bridgehead atoms. The molecule has 1 N–H and O–H groups in total. The molecule has 0 aliphatic carbocycles. The van der Waals surface area contributed by atoms with Crippen molar-refractivity contribution in [1.29, 1.82) is 0 Å². The maximum absolute atomic E-state index is 4.79. The van der Waals surface area contributed by atoms with E-state index < -0.39 is 0 Å². The van der Waals surface area contributed by atoms with Gasteiger partial charge in [-0.2, -0.15) is 0 Å². The third kappa shape index (κ3) is 2.52. The van der Waals surface area contributed by atoms with Gasteiger partial charge in [0.1, 0.15) is 16.5 Å². The molecule has 0 amide bonds. The molecule has 4 nitrogen and oxygen atoms in total. The standard InChI is InChI=1S/C15H22N4S/c1-10-11(2)20-15-13(10)14(16-3)17-12(18-15)9-19-7-5-4-6-8-19/h4-9H2,1-3H3,(H,16,17,18). The number of anilines is 1. The molecule has 0 aromatic carbocycles. The Kier molecular flexibility index (Phi) is 3.89. The number of hydrogen-bond acceptors (Lipinski definition) is 5. The van der Waals surface area contributed by atoms with Gasteiger partial charge in [0.2, 0.25) is 0 Å². The molecule has 0 unspecified atom stereocenters. The third-order valence-electron chi connectivity index (χ3n) is 4.13. The molecule has 1 aliphatic rings. The molecule has 1 fully saturated rings. The zero-order valence-corrected chi connectivity index (χ0v) is 13.3. The molecular formula is C15H22N4S. The second-order valence-corrected chi connectivity index (χ2v) is 6.74. The van der Waals surface area contributed by atoms with Gasteiger partial charge in [-0.25, -0.2) is 9.97 Å². The highest BCUT2D eigenvalue weighted by Gasteiger charge is 2.16. The van der Waals surface area contributed by atoms with Crippen LogP contribution in [0.25, 0.3) is 10.2 Å². The largest absolute Gasteiger partial charge is 0.372 e. The Morgan fingerprint density at radius 2 is 1.90 bits per heavy atom. The Balaban J connectivity index is 1.95. The van der Waals surface area contributed by atoms with Crippen LogP contribution in [0.15, 0.2) is 0 Å². The topological polar surface area (TPSA) is 41.1 Å². The maximum atomic E-state index is 4.79. The van der Waals surface area contributed by atoms with Crippen molar-refractivity contribution in [3.8, 4) is 0 Å². The summed E-state index contributed by atoms with van der Waals surface area (Å²) in [4.78, 5) is 14.4. The Morgan fingerprint density at radius 1 is 1.15 bits per heavy atom. The average Bonchev–Trinajstić information content (AvgIpc) is 2.74. The van der Waals surface area contributed by atoms with Crippen LogP contribution in [0.2, 0.25) is 0 Å². The fraction of sp³-hybridized carbons (Fsp3) is 0.600. The van der Waals surface area contributed by atoms with E-state index in [1.807, 2.05) is 7.05 Å². The van der Waals surface area contributed by atoms with Gasteiger partial charge in [0.25, 0.3) is 0 Å². The van der Waals surface area contributed by atoms with E-state index >= 15 is 0 Å². The fourth-order valence-corrected chi connectivity index (χ4v) is 3.91. The molecule has 20 heavy (non-hydrogen) atoms. The average molecular weight is 290 g/mol. The van der Waals surface area contributed by atoms with Crippen LogP contribution >= 0.6 is 11.3 Å². The van der Waals surface area contributed by atoms with Gasteiger partial charge in [0.15, 0.2) is 0 Å². The van der Waals surface area contributed by atoms with Crippen molar-refractivity contribution >= 4 is 27.4 Å². The first-order valence-electron chi connectivity index (χ1n) is 7.35. The molecule has 2 aromatic heterocycles. The minimum atomic E-state index is 0.876. The number of piperidine rings is 1. The summed E-state index contributed by atoms with van der Waals surface area (Å²) >= 11 is 1.77. The van der Waals surface area contributed by atoms with Crippen molar-refractivity contribution in [2.45, 2.75) is 39.7 Å². The van der Waals surface area contributed by atoms with Crippen LogP contribution in [-0.2, 0) is 6.54 Å². The highest BCUT2D eigenvalue weighted by molar-refractivity contribution is 7.18. The molecule has 108 valence electrons. The second kappa shape index (κ2) is 5.66. The van der Waals surface area contributed by atoms with E-state index in [4.69, 9.17) is 9.97 Å². The van der Waals surface area contributed by atoms with E-state index in [1.54, 1.807) is 11.3 Å². The van der Waals surface area contributed by atoms with Crippen LogP contribution in [0.5, 0.6) is 0 Å². The molecule has 1 saturated heterocycles. The van der Waals surface area contributed by atoms with E-state index in [0.717, 1.165) is 23.0 Å². The quantitative estimate of drug-likeness (QED) is 0.941. The zero-order chi connectivity index (χ0) is 14.1.